The number of carbonyl (C=O) groups is 1. The van der Waals surface area contributed by atoms with Gasteiger partial charge in [0, 0.05) is 18.7 Å². The quantitative estimate of drug-likeness (QED) is 0.819. The van der Waals surface area contributed by atoms with Crippen molar-refractivity contribution in [2.75, 3.05) is 23.3 Å². The standard InChI is InChI=1S/C21H27N3O3S/c1-15-13-17(14-20(16(15)2)28(22,26)27)21(25)23-18-9-5-6-10-19(18)24-11-7-3-4-8-12-24/h5-6,9-10,13-14H,3-4,7-8,11-12H2,1-2H3,(H,23,25)(H2,22,26,27). The average Bonchev–Trinajstić information content (AvgIpc) is 2.92. The molecule has 1 amide bonds. The highest BCUT2D eigenvalue weighted by atomic mass is 32.2. The second-order valence-corrected chi connectivity index (χ2v) is 8.86. The number of nitrogens with two attached hydrogens (primary N) is 1. The first kappa shape index (κ1) is 20.4. The lowest BCUT2D eigenvalue weighted by molar-refractivity contribution is 0.102. The lowest BCUT2D eigenvalue weighted by atomic mass is 10.1. The van der Waals surface area contributed by atoms with Gasteiger partial charge < -0.3 is 10.2 Å². The molecular formula is C21H27N3O3S. The largest absolute Gasteiger partial charge is 0.370 e. The van der Waals surface area contributed by atoms with Crippen LogP contribution in [-0.4, -0.2) is 27.4 Å². The van der Waals surface area contributed by atoms with E-state index in [1.807, 2.05) is 24.3 Å². The highest BCUT2D eigenvalue weighted by Crippen LogP contribution is 2.29. The second-order valence-electron chi connectivity index (χ2n) is 7.33. The van der Waals surface area contributed by atoms with E-state index >= 15 is 0 Å². The molecule has 0 unspecified atom stereocenters. The van der Waals surface area contributed by atoms with Gasteiger partial charge in [0.25, 0.3) is 5.91 Å². The second kappa shape index (κ2) is 8.32. The van der Waals surface area contributed by atoms with E-state index in [0.717, 1.165) is 37.3 Å². The average molecular weight is 402 g/mol. The van der Waals surface area contributed by atoms with Crippen LogP contribution in [0.25, 0.3) is 0 Å². The molecule has 0 aromatic heterocycles. The van der Waals surface area contributed by atoms with Crippen LogP contribution in [0.15, 0.2) is 41.3 Å². The number of carbonyl (C=O) groups excluding carboxylic acids is 1. The van der Waals surface area contributed by atoms with E-state index in [-0.39, 0.29) is 16.4 Å². The minimum atomic E-state index is -3.90. The monoisotopic (exact) mass is 401 g/mol. The molecule has 3 N–H and O–H groups in total. The van der Waals surface area contributed by atoms with Crippen LogP contribution in [-0.2, 0) is 10.0 Å². The molecule has 1 saturated heterocycles. The Kier molecular flexibility index (Phi) is 6.05. The molecule has 0 saturated carbocycles. The molecule has 2 aromatic rings. The van der Waals surface area contributed by atoms with E-state index in [2.05, 4.69) is 10.2 Å². The summed E-state index contributed by atoms with van der Waals surface area (Å²) in [7, 11) is -3.90. The van der Waals surface area contributed by atoms with E-state index in [4.69, 9.17) is 5.14 Å². The van der Waals surface area contributed by atoms with Gasteiger partial charge in [-0.3, -0.25) is 4.79 Å². The van der Waals surface area contributed by atoms with Crippen molar-refractivity contribution in [2.24, 2.45) is 5.14 Å². The molecule has 1 fully saturated rings. The number of primary sulfonamides is 1. The van der Waals surface area contributed by atoms with Crippen molar-refractivity contribution in [3.8, 4) is 0 Å². The first-order valence-electron chi connectivity index (χ1n) is 9.57. The van der Waals surface area contributed by atoms with Crippen LogP contribution >= 0.6 is 0 Å². The summed E-state index contributed by atoms with van der Waals surface area (Å²) >= 11 is 0. The van der Waals surface area contributed by atoms with Crippen molar-refractivity contribution >= 4 is 27.3 Å². The van der Waals surface area contributed by atoms with Gasteiger partial charge >= 0.3 is 0 Å². The molecule has 1 aliphatic heterocycles. The molecule has 0 bridgehead atoms. The molecule has 0 spiro atoms. The fourth-order valence-corrected chi connectivity index (χ4v) is 4.49. The van der Waals surface area contributed by atoms with Crippen LogP contribution < -0.4 is 15.4 Å². The maximum absolute atomic E-state index is 12.9. The van der Waals surface area contributed by atoms with Gasteiger partial charge in [0.05, 0.1) is 16.3 Å². The molecule has 2 aromatic carbocycles. The highest BCUT2D eigenvalue weighted by molar-refractivity contribution is 7.89. The molecule has 3 rings (SSSR count). The zero-order chi connectivity index (χ0) is 20.3. The summed E-state index contributed by atoms with van der Waals surface area (Å²) in [6.07, 6.45) is 4.72. The van der Waals surface area contributed by atoms with Crippen molar-refractivity contribution in [2.45, 2.75) is 44.4 Å². The van der Waals surface area contributed by atoms with Crippen molar-refractivity contribution in [1.29, 1.82) is 0 Å². The third-order valence-corrected chi connectivity index (χ3v) is 6.32. The Morgan fingerprint density at radius 1 is 1.04 bits per heavy atom. The van der Waals surface area contributed by atoms with E-state index in [1.54, 1.807) is 19.9 Å². The molecule has 28 heavy (non-hydrogen) atoms. The number of anilines is 2. The number of rotatable bonds is 4. The van der Waals surface area contributed by atoms with Gasteiger partial charge in [-0.1, -0.05) is 25.0 Å². The van der Waals surface area contributed by atoms with E-state index in [9.17, 15) is 13.2 Å². The van der Waals surface area contributed by atoms with E-state index in [0.29, 0.717) is 11.1 Å². The third kappa shape index (κ3) is 4.54. The number of hydrogen-bond donors (Lipinski definition) is 2. The summed E-state index contributed by atoms with van der Waals surface area (Å²) in [5.74, 6) is -0.352. The molecular weight excluding hydrogens is 374 g/mol. The van der Waals surface area contributed by atoms with E-state index < -0.39 is 10.0 Å². The number of nitrogens with one attached hydrogen (secondary N) is 1. The van der Waals surface area contributed by atoms with Gasteiger partial charge in [-0.2, -0.15) is 0 Å². The molecule has 1 heterocycles. The number of aryl methyl sites for hydroxylation is 1. The van der Waals surface area contributed by atoms with Gasteiger partial charge in [-0.05, 0) is 62.1 Å². The van der Waals surface area contributed by atoms with Crippen molar-refractivity contribution in [3.63, 3.8) is 0 Å². The molecule has 150 valence electrons. The van der Waals surface area contributed by atoms with Gasteiger partial charge in [0.15, 0.2) is 0 Å². The molecule has 1 aliphatic rings. The number of para-hydroxylation sites is 2. The van der Waals surface area contributed by atoms with Crippen molar-refractivity contribution < 1.29 is 13.2 Å². The summed E-state index contributed by atoms with van der Waals surface area (Å²) in [5, 5.41) is 8.27. The predicted molar refractivity (Wildman–Crippen MR) is 112 cm³/mol. The molecule has 0 aliphatic carbocycles. The third-order valence-electron chi connectivity index (χ3n) is 5.29. The smallest absolute Gasteiger partial charge is 0.255 e. The normalized spacial score (nSPS) is 15.2. The first-order valence-corrected chi connectivity index (χ1v) is 11.1. The van der Waals surface area contributed by atoms with Gasteiger partial charge in [-0.25, -0.2) is 13.6 Å². The molecule has 0 atom stereocenters. The van der Waals surface area contributed by atoms with Crippen LogP contribution in [0.3, 0.4) is 0 Å². The van der Waals surface area contributed by atoms with Crippen LogP contribution in [0.5, 0.6) is 0 Å². The number of amides is 1. The lowest BCUT2D eigenvalue weighted by Crippen LogP contribution is -2.26. The van der Waals surface area contributed by atoms with Crippen LogP contribution in [0, 0.1) is 13.8 Å². The maximum atomic E-state index is 12.9. The van der Waals surface area contributed by atoms with Crippen LogP contribution in [0.4, 0.5) is 11.4 Å². The summed E-state index contributed by atoms with van der Waals surface area (Å²) in [5.41, 5.74) is 3.26. The number of nitrogens with zero attached hydrogens (tertiary/aromatic N) is 1. The number of sulfonamides is 1. The molecule has 7 heteroatoms. The Morgan fingerprint density at radius 2 is 1.68 bits per heavy atom. The number of benzene rings is 2. The topological polar surface area (TPSA) is 92.5 Å². The van der Waals surface area contributed by atoms with Crippen molar-refractivity contribution in [1.82, 2.24) is 0 Å². The minimum absolute atomic E-state index is 0.0153. The fraction of sp³-hybridized carbons (Fsp3) is 0.381. The van der Waals surface area contributed by atoms with Gasteiger partial charge in [-0.15, -0.1) is 0 Å². The molecule has 0 radical (unpaired) electrons. The summed E-state index contributed by atoms with van der Waals surface area (Å²) in [6, 6.07) is 10.8. The van der Waals surface area contributed by atoms with Crippen LogP contribution in [0.1, 0.15) is 47.2 Å². The van der Waals surface area contributed by atoms with Gasteiger partial charge in [0.1, 0.15) is 0 Å². The Labute approximate surface area is 166 Å². The Bertz CT molecular complexity index is 978. The zero-order valence-electron chi connectivity index (χ0n) is 16.4. The number of hydrogen-bond acceptors (Lipinski definition) is 4. The predicted octanol–water partition coefficient (Wildman–Crippen LogP) is 3.58. The lowest BCUT2D eigenvalue weighted by Gasteiger charge is -2.25. The first-order chi connectivity index (χ1) is 13.3. The summed E-state index contributed by atoms with van der Waals surface area (Å²) < 4.78 is 23.7. The minimum Gasteiger partial charge on any atom is -0.370 e. The fourth-order valence-electron chi connectivity index (χ4n) is 3.61. The van der Waals surface area contributed by atoms with Gasteiger partial charge in [0.2, 0.25) is 10.0 Å². The zero-order valence-corrected chi connectivity index (χ0v) is 17.2. The Hall–Kier alpha value is -2.38. The highest BCUT2D eigenvalue weighted by Gasteiger charge is 2.19. The maximum Gasteiger partial charge on any atom is 0.255 e. The molecule has 6 nitrogen and oxygen atoms in total. The van der Waals surface area contributed by atoms with E-state index in [1.165, 1.54) is 18.9 Å². The summed E-state index contributed by atoms with van der Waals surface area (Å²) in [6.45, 7) is 5.38. The van der Waals surface area contributed by atoms with Crippen LogP contribution in [0.2, 0.25) is 0 Å². The van der Waals surface area contributed by atoms with Crippen molar-refractivity contribution in [3.05, 3.63) is 53.1 Å². The summed E-state index contributed by atoms with van der Waals surface area (Å²) in [4.78, 5) is 15.2. The Morgan fingerprint density at radius 3 is 2.32 bits per heavy atom. The SMILES string of the molecule is Cc1cc(C(=O)Nc2ccccc2N2CCCCCC2)cc(S(N)(=O)=O)c1C. The Balaban J connectivity index is 1.91.